The standard InChI is InChI=1S/C15H16ClNO/c1-10-3-8-14(16)15(9-10)18-13-6-4-12(5-7-13)11(2)17/h3-9,11H,17H2,1-2H3/t11-/m1/s1. The molecule has 0 aromatic heterocycles. The summed E-state index contributed by atoms with van der Waals surface area (Å²) >= 11 is 6.08. The van der Waals surface area contributed by atoms with Crippen molar-refractivity contribution in [2.45, 2.75) is 19.9 Å². The van der Waals surface area contributed by atoms with Crippen LogP contribution in [-0.2, 0) is 0 Å². The molecule has 0 aliphatic rings. The predicted octanol–water partition coefficient (Wildman–Crippen LogP) is 4.46. The third-order valence-electron chi connectivity index (χ3n) is 2.72. The largest absolute Gasteiger partial charge is 0.456 e. The number of ether oxygens (including phenoxy) is 1. The first-order valence-corrected chi connectivity index (χ1v) is 6.23. The van der Waals surface area contributed by atoms with Gasteiger partial charge in [-0.3, -0.25) is 0 Å². The van der Waals surface area contributed by atoms with Crippen molar-refractivity contribution in [2.75, 3.05) is 0 Å². The average molecular weight is 262 g/mol. The SMILES string of the molecule is Cc1ccc(Cl)c(Oc2ccc([C@@H](C)N)cc2)c1. The van der Waals surface area contributed by atoms with Crippen LogP contribution in [0.15, 0.2) is 42.5 Å². The summed E-state index contributed by atoms with van der Waals surface area (Å²) in [6, 6.07) is 13.5. The van der Waals surface area contributed by atoms with E-state index in [4.69, 9.17) is 22.1 Å². The van der Waals surface area contributed by atoms with E-state index < -0.39 is 0 Å². The first kappa shape index (κ1) is 12.9. The van der Waals surface area contributed by atoms with Gasteiger partial charge in [-0.25, -0.2) is 0 Å². The molecule has 2 aromatic carbocycles. The summed E-state index contributed by atoms with van der Waals surface area (Å²) in [6.07, 6.45) is 0. The summed E-state index contributed by atoms with van der Waals surface area (Å²) in [5.74, 6) is 1.43. The molecule has 2 N–H and O–H groups in total. The minimum absolute atomic E-state index is 0.0293. The number of benzene rings is 2. The van der Waals surface area contributed by atoms with Gasteiger partial charge in [-0.05, 0) is 49.2 Å². The molecule has 0 unspecified atom stereocenters. The molecule has 0 fully saturated rings. The van der Waals surface area contributed by atoms with E-state index in [1.807, 2.05) is 56.3 Å². The maximum atomic E-state index is 6.08. The summed E-state index contributed by atoms with van der Waals surface area (Å²) < 4.78 is 5.75. The Balaban J connectivity index is 2.21. The first-order chi connectivity index (χ1) is 8.56. The molecule has 0 spiro atoms. The van der Waals surface area contributed by atoms with E-state index >= 15 is 0 Å². The topological polar surface area (TPSA) is 35.2 Å². The maximum Gasteiger partial charge on any atom is 0.146 e. The van der Waals surface area contributed by atoms with Crippen LogP contribution in [0.2, 0.25) is 5.02 Å². The van der Waals surface area contributed by atoms with Crippen LogP contribution in [0.1, 0.15) is 24.1 Å². The highest BCUT2D eigenvalue weighted by molar-refractivity contribution is 6.32. The van der Waals surface area contributed by atoms with Crippen molar-refractivity contribution in [1.29, 1.82) is 0 Å². The minimum Gasteiger partial charge on any atom is -0.456 e. The van der Waals surface area contributed by atoms with Crippen molar-refractivity contribution in [3.8, 4) is 11.5 Å². The van der Waals surface area contributed by atoms with Gasteiger partial charge < -0.3 is 10.5 Å². The van der Waals surface area contributed by atoms with E-state index in [-0.39, 0.29) is 6.04 Å². The number of halogens is 1. The van der Waals surface area contributed by atoms with Crippen LogP contribution in [0.25, 0.3) is 0 Å². The number of rotatable bonds is 3. The average Bonchev–Trinajstić information content (AvgIpc) is 2.34. The normalized spacial score (nSPS) is 12.2. The Hall–Kier alpha value is -1.51. The summed E-state index contributed by atoms with van der Waals surface area (Å²) in [5.41, 5.74) is 7.99. The molecule has 18 heavy (non-hydrogen) atoms. The molecule has 0 saturated carbocycles. The molecule has 0 radical (unpaired) electrons. The molecular weight excluding hydrogens is 246 g/mol. The van der Waals surface area contributed by atoms with Crippen LogP contribution in [0.3, 0.4) is 0 Å². The van der Waals surface area contributed by atoms with Gasteiger partial charge >= 0.3 is 0 Å². The van der Waals surface area contributed by atoms with Crippen molar-refractivity contribution >= 4 is 11.6 Å². The van der Waals surface area contributed by atoms with Gasteiger partial charge in [0.1, 0.15) is 11.5 Å². The van der Waals surface area contributed by atoms with Gasteiger partial charge in [0, 0.05) is 6.04 Å². The number of hydrogen-bond acceptors (Lipinski definition) is 2. The second-order valence-corrected chi connectivity index (χ2v) is 4.80. The Kier molecular flexibility index (Phi) is 3.90. The zero-order valence-electron chi connectivity index (χ0n) is 10.5. The Bertz CT molecular complexity index is 535. The van der Waals surface area contributed by atoms with Gasteiger partial charge in [-0.2, -0.15) is 0 Å². The van der Waals surface area contributed by atoms with Gasteiger partial charge in [-0.15, -0.1) is 0 Å². The Morgan fingerprint density at radius 3 is 2.39 bits per heavy atom. The fraction of sp³-hybridized carbons (Fsp3) is 0.200. The number of aryl methyl sites for hydroxylation is 1. The molecule has 0 aliphatic carbocycles. The second-order valence-electron chi connectivity index (χ2n) is 4.39. The van der Waals surface area contributed by atoms with Crippen LogP contribution >= 0.6 is 11.6 Å². The highest BCUT2D eigenvalue weighted by Gasteiger charge is 2.04. The van der Waals surface area contributed by atoms with Crippen LogP contribution in [0, 0.1) is 6.92 Å². The maximum absolute atomic E-state index is 6.08. The van der Waals surface area contributed by atoms with Crippen LogP contribution in [0.5, 0.6) is 11.5 Å². The van der Waals surface area contributed by atoms with Gasteiger partial charge in [0.2, 0.25) is 0 Å². The minimum atomic E-state index is 0.0293. The van der Waals surface area contributed by atoms with Crippen molar-refractivity contribution in [3.05, 3.63) is 58.6 Å². The van der Waals surface area contributed by atoms with Crippen molar-refractivity contribution in [3.63, 3.8) is 0 Å². The fourth-order valence-electron chi connectivity index (χ4n) is 1.66. The lowest BCUT2D eigenvalue weighted by Crippen LogP contribution is -2.04. The first-order valence-electron chi connectivity index (χ1n) is 5.86. The molecule has 2 aromatic rings. The zero-order chi connectivity index (χ0) is 13.1. The van der Waals surface area contributed by atoms with E-state index in [2.05, 4.69) is 0 Å². The van der Waals surface area contributed by atoms with Gasteiger partial charge in [0.05, 0.1) is 5.02 Å². The van der Waals surface area contributed by atoms with Crippen molar-refractivity contribution in [2.24, 2.45) is 5.73 Å². The molecule has 0 bridgehead atoms. The van der Waals surface area contributed by atoms with E-state index in [0.29, 0.717) is 10.8 Å². The lowest BCUT2D eigenvalue weighted by Gasteiger charge is -2.10. The summed E-state index contributed by atoms with van der Waals surface area (Å²) in [5, 5.41) is 0.608. The van der Waals surface area contributed by atoms with Gasteiger partial charge in [-0.1, -0.05) is 29.8 Å². The molecule has 0 saturated heterocycles. The summed E-state index contributed by atoms with van der Waals surface area (Å²) in [4.78, 5) is 0. The molecular formula is C15H16ClNO. The molecule has 0 heterocycles. The van der Waals surface area contributed by atoms with E-state index in [1.54, 1.807) is 0 Å². The van der Waals surface area contributed by atoms with Crippen molar-refractivity contribution < 1.29 is 4.74 Å². The van der Waals surface area contributed by atoms with Crippen LogP contribution in [0.4, 0.5) is 0 Å². The summed E-state index contributed by atoms with van der Waals surface area (Å²) in [6.45, 7) is 3.95. The monoisotopic (exact) mass is 261 g/mol. The number of nitrogens with two attached hydrogens (primary N) is 1. The molecule has 2 nitrogen and oxygen atoms in total. The van der Waals surface area contributed by atoms with Crippen LogP contribution in [-0.4, -0.2) is 0 Å². The quantitative estimate of drug-likeness (QED) is 0.885. The smallest absolute Gasteiger partial charge is 0.146 e. The molecule has 94 valence electrons. The molecule has 0 amide bonds. The zero-order valence-corrected chi connectivity index (χ0v) is 11.2. The molecule has 2 rings (SSSR count). The highest BCUT2D eigenvalue weighted by Crippen LogP contribution is 2.30. The van der Waals surface area contributed by atoms with Gasteiger partial charge in [0.25, 0.3) is 0 Å². The van der Waals surface area contributed by atoms with E-state index in [9.17, 15) is 0 Å². The highest BCUT2D eigenvalue weighted by atomic mass is 35.5. The van der Waals surface area contributed by atoms with Crippen molar-refractivity contribution in [1.82, 2.24) is 0 Å². The second kappa shape index (κ2) is 5.42. The Morgan fingerprint density at radius 2 is 1.78 bits per heavy atom. The lowest BCUT2D eigenvalue weighted by atomic mass is 10.1. The van der Waals surface area contributed by atoms with E-state index in [0.717, 1.165) is 16.9 Å². The Morgan fingerprint density at radius 1 is 1.11 bits per heavy atom. The molecule has 0 aliphatic heterocycles. The predicted molar refractivity (Wildman–Crippen MR) is 75.3 cm³/mol. The third kappa shape index (κ3) is 3.03. The third-order valence-corrected chi connectivity index (χ3v) is 3.03. The summed E-state index contributed by atoms with van der Waals surface area (Å²) in [7, 11) is 0. The lowest BCUT2D eigenvalue weighted by molar-refractivity contribution is 0.482. The number of hydrogen-bond donors (Lipinski definition) is 1. The molecule has 3 heteroatoms. The van der Waals surface area contributed by atoms with Gasteiger partial charge in [0.15, 0.2) is 0 Å². The molecule has 1 atom stereocenters. The van der Waals surface area contributed by atoms with Crippen LogP contribution < -0.4 is 10.5 Å². The van der Waals surface area contributed by atoms with E-state index in [1.165, 1.54) is 0 Å². The fourth-order valence-corrected chi connectivity index (χ4v) is 1.81. The Labute approximate surface area is 112 Å².